The highest BCUT2D eigenvalue weighted by molar-refractivity contribution is 7.90. The second-order valence-corrected chi connectivity index (χ2v) is 8.68. The van der Waals surface area contributed by atoms with Gasteiger partial charge in [0, 0.05) is 12.7 Å². The first-order valence-electron chi connectivity index (χ1n) is 7.07. The second kappa shape index (κ2) is 7.51. The van der Waals surface area contributed by atoms with Crippen LogP contribution in [0.5, 0.6) is 0 Å². The third-order valence-corrected chi connectivity index (χ3v) is 5.90. The largest absolute Gasteiger partial charge is 0.481 e. The number of aliphatic carboxylic acids is 1. The number of carbonyl (C=O) groups is 2. The maximum absolute atomic E-state index is 11.8. The van der Waals surface area contributed by atoms with Crippen LogP contribution in [0, 0.1) is 6.92 Å². The molecule has 0 fully saturated rings. The van der Waals surface area contributed by atoms with Crippen molar-refractivity contribution >= 4 is 49.8 Å². The van der Waals surface area contributed by atoms with Crippen molar-refractivity contribution in [2.45, 2.75) is 24.7 Å². The van der Waals surface area contributed by atoms with Crippen LogP contribution in [-0.2, 0) is 19.4 Å². The zero-order chi connectivity index (χ0) is 18.8. The maximum atomic E-state index is 11.8. The van der Waals surface area contributed by atoms with E-state index in [4.69, 9.17) is 16.7 Å². The summed E-state index contributed by atoms with van der Waals surface area (Å²) in [5, 5.41) is 11.6. The van der Waals surface area contributed by atoms with Crippen LogP contribution in [-0.4, -0.2) is 36.6 Å². The van der Waals surface area contributed by atoms with E-state index in [-0.39, 0.29) is 22.8 Å². The minimum atomic E-state index is -3.48. The zero-order valence-corrected chi connectivity index (χ0v) is 15.8. The monoisotopic (exact) mass is 402 g/mol. The molecule has 0 aliphatic rings. The van der Waals surface area contributed by atoms with E-state index in [1.54, 1.807) is 13.0 Å². The number of carboxylic acids is 1. The molecule has 0 bridgehead atoms. The third kappa shape index (κ3) is 5.00. The summed E-state index contributed by atoms with van der Waals surface area (Å²) in [6, 6.07) is 4.64. The molecule has 25 heavy (non-hydrogen) atoms. The standard InChI is InChI=1S/C15H15ClN2O5S2/c1-8-14(9-3-4-10(16)11(7-9)25(2,22)23)24-15(17-8)18-12(19)5-6-13(20)21/h3-4,7H,5-6H2,1-2H3,(H,20,21)(H,17,18,19). The summed E-state index contributed by atoms with van der Waals surface area (Å²) in [4.78, 5) is 27.1. The molecule has 0 spiro atoms. The van der Waals surface area contributed by atoms with E-state index >= 15 is 0 Å². The fraction of sp³-hybridized carbons (Fsp3) is 0.267. The summed E-state index contributed by atoms with van der Waals surface area (Å²) in [5.74, 6) is -1.50. The molecule has 0 atom stereocenters. The van der Waals surface area contributed by atoms with Crippen LogP contribution in [0.1, 0.15) is 18.5 Å². The lowest BCUT2D eigenvalue weighted by atomic mass is 10.2. The molecule has 0 saturated heterocycles. The quantitative estimate of drug-likeness (QED) is 0.767. The van der Waals surface area contributed by atoms with Gasteiger partial charge in [0.1, 0.15) is 0 Å². The molecular weight excluding hydrogens is 388 g/mol. The number of carboxylic acid groups (broad SMARTS) is 1. The number of nitrogens with zero attached hydrogens (tertiary/aromatic N) is 1. The number of nitrogens with one attached hydrogen (secondary N) is 1. The highest BCUT2D eigenvalue weighted by Crippen LogP contribution is 2.35. The van der Waals surface area contributed by atoms with Crippen molar-refractivity contribution < 1.29 is 23.1 Å². The number of aromatic nitrogens is 1. The van der Waals surface area contributed by atoms with E-state index in [0.29, 0.717) is 21.3 Å². The number of hydrogen-bond acceptors (Lipinski definition) is 6. The number of halogens is 1. The van der Waals surface area contributed by atoms with E-state index in [9.17, 15) is 18.0 Å². The van der Waals surface area contributed by atoms with Crippen LogP contribution in [0.3, 0.4) is 0 Å². The van der Waals surface area contributed by atoms with Crippen molar-refractivity contribution in [1.29, 1.82) is 0 Å². The molecule has 0 aliphatic heterocycles. The number of sulfone groups is 1. The molecule has 1 aromatic heterocycles. The Balaban J connectivity index is 2.29. The minimum Gasteiger partial charge on any atom is -0.481 e. The Kier molecular flexibility index (Phi) is 5.81. The first kappa shape index (κ1) is 19.4. The number of anilines is 1. The SMILES string of the molecule is Cc1nc(NC(=O)CCC(=O)O)sc1-c1ccc(Cl)c(S(C)(=O)=O)c1. The van der Waals surface area contributed by atoms with Crippen molar-refractivity contribution in [1.82, 2.24) is 4.98 Å². The van der Waals surface area contributed by atoms with Gasteiger partial charge in [-0.1, -0.05) is 29.0 Å². The van der Waals surface area contributed by atoms with Crippen LogP contribution in [0.2, 0.25) is 5.02 Å². The Morgan fingerprint density at radius 2 is 2.00 bits per heavy atom. The van der Waals surface area contributed by atoms with Gasteiger partial charge in [0.25, 0.3) is 0 Å². The molecule has 1 amide bonds. The smallest absolute Gasteiger partial charge is 0.303 e. The van der Waals surface area contributed by atoms with Crippen LogP contribution < -0.4 is 5.32 Å². The third-order valence-electron chi connectivity index (χ3n) is 3.20. The van der Waals surface area contributed by atoms with E-state index < -0.39 is 21.7 Å². The number of aryl methyl sites for hydroxylation is 1. The predicted octanol–water partition coefficient (Wildman–Crippen LogP) is 2.98. The molecule has 134 valence electrons. The average molecular weight is 403 g/mol. The molecule has 1 aromatic carbocycles. The molecule has 2 aromatic rings. The molecule has 2 rings (SSSR count). The molecule has 1 heterocycles. The topological polar surface area (TPSA) is 113 Å². The van der Waals surface area contributed by atoms with Gasteiger partial charge < -0.3 is 10.4 Å². The van der Waals surface area contributed by atoms with Gasteiger partial charge in [-0.3, -0.25) is 9.59 Å². The van der Waals surface area contributed by atoms with Crippen molar-refractivity contribution in [2.75, 3.05) is 11.6 Å². The van der Waals surface area contributed by atoms with Gasteiger partial charge in [-0.05, 0) is 24.6 Å². The van der Waals surface area contributed by atoms with Crippen LogP contribution in [0.15, 0.2) is 23.1 Å². The highest BCUT2D eigenvalue weighted by Gasteiger charge is 2.17. The Hall–Kier alpha value is -1.97. The number of amides is 1. The fourth-order valence-corrected chi connectivity index (χ4v) is 4.33. The van der Waals surface area contributed by atoms with Gasteiger partial charge in [0.05, 0.1) is 26.9 Å². The number of carbonyl (C=O) groups excluding carboxylic acids is 1. The molecule has 0 saturated carbocycles. The van der Waals surface area contributed by atoms with Crippen molar-refractivity contribution in [3.8, 4) is 10.4 Å². The lowest BCUT2D eigenvalue weighted by molar-refractivity contribution is -0.138. The lowest BCUT2D eigenvalue weighted by Gasteiger charge is -2.05. The van der Waals surface area contributed by atoms with Gasteiger partial charge >= 0.3 is 5.97 Å². The van der Waals surface area contributed by atoms with Gasteiger partial charge in [-0.2, -0.15) is 0 Å². The van der Waals surface area contributed by atoms with Crippen molar-refractivity contribution in [2.24, 2.45) is 0 Å². The predicted molar refractivity (Wildman–Crippen MR) is 95.9 cm³/mol. The fourth-order valence-electron chi connectivity index (χ4n) is 2.05. The Labute approximate surface area is 153 Å². The lowest BCUT2D eigenvalue weighted by Crippen LogP contribution is -2.12. The number of rotatable bonds is 6. The number of benzene rings is 1. The van der Waals surface area contributed by atoms with E-state index in [0.717, 1.165) is 6.26 Å². The Bertz CT molecular complexity index is 937. The molecule has 10 heteroatoms. The summed E-state index contributed by atoms with van der Waals surface area (Å²) < 4.78 is 23.6. The van der Waals surface area contributed by atoms with Crippen molar-refractivity contribution in [3.63, 3.8) is 0 Å². The summed E-state index contributed by atoms with van der Waals surface area (Å²) in [5.41, 5.74) is 1.23. The summed E-state index contributed by atoms with van der Waals surface area (Å²) in [6.07, 6.45) is 0.659. The molecule has 0 unspecified atom stereocenters. The molecule has 0 radical (unpaired) electrons. The van der Waals surface area contributed by atoms with Gasteiger partial charge in [-0.15, -0.1) is 0 Å². The van der Waals surface area contributed by atoms with Crippen LogP contribution in [0.4, 0.5) is 5.13 Å². The molecule has 0 aliphatic carbocycles. The molecular formula is C15H15ClN2O5S2. The highest BCUT2D eigenvalue weighted by atomic mass is 35.5. The summed E-state index contributed by atoms with van der Waals surface area (Å²) in [6.45, 7) is 1.73. The summed E-state index contributed by atoms with van der Waals surface area (Å²) in [7, 11) is -3.48. The maximum Gasteiger partial charge on any atom is 0.303 e. The zero-order valence-electron chi connectivity index (χ0n) is 13.4. The number of hydrogen-bond donors (Lipinski definition) is 2. The molecule has 2 N–H and O–H groups in total. The normalized spacial score (nSPS) is 11.3. The van der Waals surface area contributed by atoms with Gasteiger partial charge in [0.2, 0.25) is 5.91 Å². The number of thiazole rings is 1. The molecule has 7 nitrogen and oxygen atoms in total. The van der Waals surface area contributed by atoms with Crippen molar-refractivity contribution in [3.05, 3.63) is 28.9 Å². The summed E-state index contributed by atoms with van der Waals surface area (Å²) >= 11 is 7.12. The van der Waals surface area contributed by atoms with E-state index in [2.05, 4.69) is 10.3 Å². The Morgan fingerprint density at radius 1 is 1.32 bits per heavy atom. The minimum absolute atomic E-state index is 0.0199. The van der Waals surface area contributed by atoms with Crippen LogP contribution in [0.25, 0.3) is 10.4 Å². The Morgan fingerprint density at radius 3 is 2.60 bits per heavy atom. The van der Waals surface area contributed by atoms with Crippen LogP contribution >= 0.6 is 22.9 Å². The van der Waals surface area contributed by atoms with Gasteiger partial charge in [-0.25, -0.2) is 13.4 Å². The first-order chi connectivity index (χ1) is 11.6. The first-order valence-corrected chi connectivity index (χ1v) is 10.2. The van der Waals surface area contributed by atoms with E-state index in [1.165, 1.54) is 23.5 Å². The van der Waals surface area contributed by atoms with E-state index in [1.807, 2.05) is 0 Å². The second-order valence-electron chi connectivity index (χ2n) is 5.29. The average Bonchev–Trinajstić information content (AvgIpc) is 2.85. The van der Waals surface area contributed by atoms with Gasteiger partial charge in [0.15, 0.2) is 15.0 Å².